The molecule has 238 valence electrons. The van der Waals surface area contributed by atoms with Gasteiger partial charge in [0.25, 0.3) is 0 Å². The molecule has 18 heteroatoms. The van der Waals surface area contributed by atoms with Crippen LogP contribution in [0.3, 0.4) is 0 Å². The van der Waals surface area contributed by atoms with Crippen LogP contribution < -0.4 is 15.0 Å². The average Bonchev–Trinajstić information content (AvgIpc) is 3.59. The van der Waals surface area contributed by atoms with E-state index in [1.165, 1.54) is 12.1 Å². The van der Waals surface area contributed by atoms with Crippen LogP contribution in [0, 0.1) is 0 Å². The summed E-state index contributed by atoms with van der Waals surface area (Å²) in [6.45, 7) is 0.250. The standard InChI is InChI=1S/C27H24F3N5O7S3/c1-40-14-16-2-4-17(5-3-16)19-8-11-21-22(12-19)43-26(32-21)25(18-6-9-20(10-7-18)42-27(28,29)30)45(38,39)15-24-34-33-23(41-24)13-31-35-44(36)37/h2-12,25,31,35H,13-15H2,1H3,(H,36,37)/p-1. The molecule has 0 saturated carbocycles. The Kier molecular flexibility index (Phi) is 9.92. The Hall–Kier alpha value is -3.78. The lowest BCUT2D eigenvalue weighted by Crippen LogP contribution is -2.32. The Labute approximate surface area is 260 Å². The Balaban J connectivity index is 1.48. The molecule has 45 heavy (non-hydrogen) atoms. The first-order chi connectivity index (χ1) is 21.4. The summed E-state index contributed by atoms with van der Waals surface area (Å²) in [6.07, 6.45) is -4.93. The second-order valence-electron chi connectivity index (χ2n) is 9.45. The summed E-state index contributed by atoms with van der Waals surface area (Å²) in [7, 11) is -2.62. The molecule has 2 unspecified atom stereocenters. The Bertz CT molecular complexity index is 1900. The van der Waals surface area contributed by atoms with Gasteiger partial charge in [0, 0.05) is 18.4 Å². The van der Waals surface area contributed by atoms with Crippen molar-refractivity contribution in [2.75, 3.05) is 7.11 Å². The van der Waals surface area contributed by atoms with Crippen LogP contribution in [0.2, 0.25) is 0 Å². The van der Waals surface area contributed by atoms with Crippen LogP contribution in [-0.4, -0.2) is 45.8 Å². The van der Waals surface area contributed by atoms with Crippen molar-refractivity contribution in [3.63, 3.8) is 0 Å². The highest BCUT2D eigenvalue weighted by molar-refractivity contribution is 7.91. The van der Waals surface area contributed by atoms with Gasteiger partial charge in [-0.05, 0) is 46.5 Å². The van der Waals surface area contributed by atoms with Crippen LogP contribution in [0.4, 0.5) is 13.2 Å². The van der Waals surface area contributed by atoms with E-state index in [9.17, 15) is 30.4 Å². The number of nitrogens with zero attached hydrogens (tertiary/aromatic N) is 3. The first kappa shape index (κ1) is 32.6. The first-order valence-corrected chi connectivity index (χ1v) is 16.5. The van der Waals surface area contributed by atoms with Crippen molar-refractivity contribution in [3.8, 4) is 16.9 Å². The van der Waals surface area contributed by atoms with E-state index in [2.05, 4.69) is 25.3 Å². The van der Waals surface area contributed by atoms with Gasteiger partial charge >= 0.3 is 6.36 Å². The molecule has 0 bridgehead atoms. The van der Waals surface area contributed by atoms with Gasteiger partial charge < -0.3 is 18.4 Å². The van der Waals surface area contributed by atoms with E-state index in [1.807, 2.05) is 41.2 Å². The molecule has 2 aromatic heterocycles. The highest BCUT2D eigenvalue weighted by Crippen LogP contribution is 2.39. The second kappa shape index (κ2) is 13.7. The van der Waals surface area contributed by atoms with Crippen molar-refractivity contribution in [2.24, 2.45) is 0 Å². The molecule has 0 aliphatic rings. The molecule has 2 N–H and O–H groups in total. The Morgan fingerprint density at radius 1 is 1.02 bits per heavy atom. The number of rotatable bonds is 13. The number of nitrogens with one attached hydrogen (secondary N) is 2. The number of ether oxygens (including phenoxy) is 2. The molecule has 5 rings (SSSR count). The van der Waals surface area contributed by atoms with E-state index in [0.717, 1.165) is 40.2 Å². The number of sulfone groups is 1. The number of alkyl halides is 3. The fourth-order valence-electron chi connectivity index (χ4n) is 4.39. The van der Waals surface area contributed by atoms with E-state index in [0.29, 0.717) is 16.8 Å². The molecular weight excluding hydrogens is 660 g/mol. The van der Waals surface area contributed by atoms with Gasteiger partial charge in [0.15, 0.2) is 9.84 Å². The zero-order valence-electron chi connectivity index (χ0n) is 23.1. The summed E-state index contributed by atoms with van der Waals surface area (Å²) in [5, 5.41) is 6.21. The number of fused-ring (bicyclic) bond motifs is 1. The minimum absolute atomic E-state index is 0.0916. The molecule has 0 aliphatic carbocycles. The number of hydrogen-bond donors (Lipinski definition) is 2. The summed E-state index contributed by atoms with van der Waals surface area (Å²) >= 11 is -1.48. The molecule has 2 heterocycles. The highest BCUT2D eigenvalue weighted by atomic mass is 32.2. The van der Waals surface area contributed by atoms with Gasteiger partial charge in [0.1, 0.15) is 21.8 Å². The Morgan fingerprint density at radius 2 is 1.71 bits per heavy atom. The molecule has 0 saturated heterocycles. The SMILES string of the molecule is COCc1ccc(-c2ccc3nc(C(c4ccc(OC(F)(F)F)cc4)S(=O)(=O)Cc4nnc(CNNS(=O)[O-])o4)sc3c2)cc1. The van der Waals surface area contributed by atoms with Gasteiger partial charge in [-0.2, -0.15) is 4.83 Å². The van der Waals surface area contributed by atoms with Crippen molar-refractivity contribution in [1.82, 2.24) is 25.4 Å². The third kappa shape index (κ3) is 8.48. The van der Waals surface area contributed by atoms with Crippen LogP contribution in [0.15, 0.2) is 71.1 Å². The van der Waals surface area contributed by atoms with Crippen molar-refractivity contribution >= 4 is 42.7 Å². The van der Waals surface area contributed by atoms with E-state index in [4.69, 9.17) is 9.15 Å². The monoisotopic (exact) mass is 682 g/mol. The van der Waals surface area contributed by atoms with Crippen LogP contribution in [0.25, 0.3) is 21.3 Å². The lowest BCUT2D eigenvalue weighted by atomic mass is 10.0. The fraction of sp³-hybridized carbons (Fsp3) is 0.222. The van der Waals surface area contributed by atoms with Crippen LogP contribution in [-0.2, 0) is 44.7 Å². The highest BCUT2D eigenvalue weighted by Gasteiger charge is 2.35. The lowest BCUT2D eigenvalue weighted by molar-refractivity contribution is -0.274. The summed E-state index contributed by atoms with van der Waals surface area (Å²) < 4.78 is 102. The normalized spacial score (nSPS) is 13.6. The number of thiazole rings is 1. The number of methoxy groups -OCH3 is 1. The van der Waals surface area contributed by atoms with Gasteiger partial charge in [0.2, 0.25) is 11.8 Å². The summed E-state index contributed by atoms with van der Waals surface area (Å²) in [5.41, 5.74) is 5.77. The van der Waals surface area contributed by atoms with Crippen molar-refractivity contribution in [1.29, 1.82) is 0 Å². The number of aromatic nitrogens is 3. The van der Waals surface area contributed by atoms with Crippen LogP contribution in [0.1, 0.15) is 33.2 Å². The third-order valence-electron chi connectivity index (χ3n) is 6.23. The zero-order chi connectivity index (χ0) is 32.2. The summed E-state index contributed by atoms with van der Waals surface area (Å²) in [6, 6.07) is 17.8. The van der Waals surface area contributed by atoms with E-state index >= 15 is 0 Å². The van der Waals surface area contributed by atoms with Gasteiger partial charge in [-0.25, -0.2) is 18.8 Å². The molecular formula is C27H23F3N5O7S3-. The molecule has 0 radical (unpaired) electrons. The van der Waals surface area contributed by atoms with E-state index in [-0.39, 0.29) is 28.9 Å². The van der Waals surface area contributed by atoms with Crippen molar-refractivity contribution in [3.05, 3.63) is 94.6 Å². The number of halogens is 3. The molecule has 0 fully saturated rings. The predicted molar refractivity (Wildman–Crippen MR) is 157 cm³/mol. The molecule has 0 spiro atoms. The fourth-order valence-corrected chi connectivity index (χ4v) is 7.74. The van der Waals surface area contributed by atoms with Gasteiger partial charge in [-0.15, -0.1) is 34.7 Å². The minimum Gasteiger partial charge on any atom is -0.759 e. The molecule has 12 nitrogen and oxygen atoms in total. The third-order valence-corrected chi connectivity index (χ3v) is 9.64. The molecule has 2 atom stereocenters. The largest absolute Gasteiger partial charge is 0.759 e. The number of benzene rings is 3. The number of hydrazine groups is 1. The van der Waals surface area contributed by atoms with Crippen molar-refractivity contribution in [2.45, 2.75) is 30.5 Å². The predicted octanol–water partition coefficient (Wildman–Crippen LogP) is 4.48. The quantitative estimate of drug-likeness (QED) is 0.133. The molecule has 3 aromatic carbocycles. The van der Waals surface area contributed by atoms with Crippen molar-refractivity contribution < 1.29 is 44.2 Å². The van der Waals surface area contributed by atoms with Crippen LogP contribution >= 0.6 is 11.3 Å². The topological polar surface area (TPSA) is 169 Å². The average molecular weight is 683 g/mol. The summed E-state index contributed by atoms with van der Waals surface area (Å²) in [4.78, 5) is 6.48. The van der Waals surface area contributed by atoms with Gasteiger partial charge in [-0.3, -0.25) is 4.21 Å². The van der Waals surface area contributed by atoms with E-state index in [1.54, 1.807) is 13.2 Å². The van der Waals surface area contributed by atoms with Crippen LogP contribution in [0.5, 0.6) is 5.75 Å². The molecule has 5 aromatic rings. The maximum Gasteiger partial charge on any atom is 0.573 e. The minimum atomic E-state index is -4.93. The van der Waals surface area contributed by atoms with Gasteiger partial charge in [0.05, 0.1) is 23.4 Å². The molecule has 0 aliphatic heterocycles. The maximum absolute atomic E-state index is 13.9. The summed E-state index contributed by atoms with van der Waals surface area (Å²) in [5.74, 6) is -1.63. The van der Waals surface area contributed by atoms with E-state index < -0.39 is 44.2 Å². The zero-order valence-corrected chi connectivity index (χ0v) is 25.6. The first-order valence-electron chi connectivity index (χ1n) is 12.9. The van der Waals surface area contributed by atoms with Gasteiger partial charge in [-0.1, -0.05) is 42.5 Å². The maximum atomic E-state index is 13.9. The Morgan fingerprint density at radius 3 is 2.38 bits per heavy atom. The smallest absolute Gasteiger partial charge is 0.573 e. The lowest BCUT2D eigenvalue weighted by Gasteiger charge is -2.16. The molecule has 0 amide bonds. The second-order valence-corrected chi connectivity index (χ2v) is 13.3. The number of hydrogen-bond acceptors (Lipinski definition) is 12.